The number of carbonyl (C=O) groups excluding carboxylic acids is 1. The minimum atomic E-state index is -0.110. The summed E-state index contributed by atoms with van der Waals surface area (Å²) in [5.41, 5.74) is 5.07. The molecule has 140 valence electrons. The van der Waals surface area contributed by atoms with E-state index in [1.165, 1.54) is 0 Å². The van der Waals surface area contributed by atoms with Gasteiger partial charge in [-0.1, -0.05) is 35.4 Å². The average Bonchev–Trinajstić information content (AvgIpc) is 2.68. The van der Waals surface area contributed by atoms with Crippen LogP contribution in [-0.2, 0) is 18.3 Å². The summed E-state index contributed by atoms with van der Waals surface area (Å²) in [6.07, 6.45) is 2.72. The van der Waals surface area contributed by atoms with Gasteiger partial charge in [-0.2, -0.15) is 0 Å². The Balaban J connectivity index is 2.26. The summed E-state index contributed by atoms with van der Waals surface area (Å²) in [5.74, 6) is 0. The van der Waals surface area contributed by atoms with Crippen LogP contribution < -0.4 is 5.56 Å². The maximum Gasteiger partial charge on any atom is 0.258 e. The van der Waals surface area contributed by atoms with Crippen molar-refractivity contribution in [3.05, 3.63) is 74.8 Å². The Morgan fingerprint density at radius 2 is 1.89 bits per heavy atom. The van der Waals surface area contributed by atoms with Crippen molar-refractivity contribution < 1.29 is 4.79 Å². The zero-order valence-corrected chi connectivity index (χ0v) is 16.7. The lowest BCUT2D eigenvalue weighted by atomic mass is 9.92. The van der Waals surface area contributed by atoms with Crippen LogP contribution in [-0.4, -0.2) is 15.8 Å². The molecule has 4 nitrogen and oxygen atoms in total. The Labute approximate surface area is 167 Å². The molecule has 0 N–H and O–H groups in total. The molecule has 2 aromatic heterocycles. The number of benzene rings is 2. The Morgan fingerprint density at radius 3 is 2.64 bits per heavy atom. The number of nitrogens with zero attached hydrogens (tertiary/aromatic N) is 2. The highest BCUT2D eigenvalue weighted by molar-refractivity contribution is 6.36. The molecule has 0 aliphatic carbocycles. The van der Waals surface area contributed by atoms with Gasteiger partial charge in [0, 0.05) is 47.3 Å². The number of aryl methyl sites for hydroxylation is 2. The van der Waals surface area contributed by atoms with Gasteiger partial charge in [0.05, 0.1) is 10.5 Å². The van der Waals surface area contributed by atoms with Crippen molar-refractivity contribution in [2.45, 2.75) is 20.3 Å². The van der Waals surface area contributed by atoms with E-state index < -0.39 is 0 Å². The first-order valence-electron chi connectivity index (χ1n) is 9.04. The van der Waals surface area contributed by atoms with Crippen LogP contribution in [0.4, 0.5) is 0 Å². The van der Waals surface area contributed by atoms with Gasteiger partial charge in [-0.05, 0) is 43.0 Å². The van der Waals surface area contributed by atoms with Gasteiger partial charge in [0.15, 0.2) is 0 Å². The molecule has 28 heavy (non-hydrogen) atoms. The second-order valence-electron chi connectivity index (χ2n) is 7.05. The number of hydrogen-bond acceptors (Lipinski definition) is 3. The lowest BCUT2D eigenvalue weighted by Gasteiger charge is -2.18. The summed E-state index contributed by atoms with van der Waals surface area (Å²) < 4.78 is 1.57. The molecule has 0 amide bonds. The molecule has 0 bridgehead atoms. The second kappa shape index (κ2) is 6.88. The highest BCUT2D eigenvalue weighted by Gasteiger charge is 2.19. The van der Waals surface area contributed by atoms with E-state index in [0.717, 1.165) is 44.8 Å². The predicted molar refractivity (Wildman–Crippen MR) is 114 cm³/mol. The maximum absolute atomic E-state index is 12.9. The van der Waals surface area contributed by atoms with Gasteiger partial charge >= 0.3 is 0 Å². The molecule has 0 saturated heterocycles. The summed E-state index contributed by atoms with van der Waals surface area (Å²) in [4.78, 5) is 29.0. The topological polar surface area (TPSA) is 52.0 Å². The molecule has 2 aromatic carbocycles. The van der Waals surface area contributed by atoms with Gasteiger partial charge in [-0.3, -0.25) is 9.78 Å². The van der Waals surface area contributed by atoms with E-state index in [-0.39, 0.29) is 12.0 Å². The molecule has 0 aliphatic heterocycles. The lowest BCUT2D eigenvalue weighted by Crippen LogP contribution is -2.22. The summed E-state index contributed by atoms with van der Waals surface area (Å²) in [5, 5.41) is 2.96. The molecule has 2 heterocycles. The van der Waals surface area contributed by atoms with Crippen LogP contribution in [0.5, 0.6) is 0 Å². The smallest absolute Gasteiger partial charge is 0.258 e. The number of rotatable bonds is 3. The number of carbonyl (C=O) groups is 1. The number of pyridine rings is 2. The first-order valence-corrected chi connectivity index (χ1v) is 9.42. The van der Waals surface area contributed by atoms with Gasteiger partial charge in [0.1, 0.15) is 6.29 Å². The first-order chi connectivity index (χ1) is 13.4. The van der Waals surface area contributed by atoms with Crippen LogP contribution in [0.1, 0.15) is 16.8 Å². The third kappa shape index (κ3) is 2.72. The van der Waals surface area contributed by atoms with Crippen molar-refractivity contribution >= 4 is 39.6 Å². The molecule has 0 atom stereocenters. The molecular weight excluding hydrogens is 372 g/mol. The van der Waals surface area contributed by atoms with E-state index in [1.54, 1.807) is 17.8 Å². The van der Waals surface area contributed by atoms with Gasteiger partial charge in [-0.25, -0.2) is 0 Å². The fourth-order valence-corrected chi connectivity index (χ4v) is 4.18. The van der Waals surface area contributed by atoms with Crippen LogP contribution in [0.15, 0.2) is 47.4 Å². The van der Waals surface area contributed by atoms with Crippen molar-refractivity contribution in [1.29, 1.82) is 0 Å². The monoisotopic (exact) mass is 390 g/mol. The number of hydrogen-bond donors (Lipinski definition) is 0. The van der Waals surface area contributed by atoms with Gasteiger partial charge in [-0.15, -0.1) is 0 Å². The molecule has 5 heteroatoms. The Morgan fingerprint density at radius 1 is 1.11 bits per heavy atom. The van der Waals surface area contributed by atoms with Crippen LogP contribution in [0.25, 0.3) is 32.8 Å². The maximum atomic E-state index is 12.9. The van der Waals surface area contributed by atoms with Crippen LogP contribution in [0.2, 0.25) is 5.02 Å². The minimum Gasteiger partial charge on any atom is -0.314 e. The zero-order valence-electron chi connectivity index (χ0n) is 15.9. The Bertz CT molecular complexity index is 1310. The van der Waals surface area contributed by atoms with E-state index in [2.05, 4.69) is 4.98 Å². The van der Waals surface area contributed by atoms with Gasteiger partial charge in [0.2, 0.25) is 0 Å². The quantitative estimate of drug-likeness (QED) is 0.474. The normalized spacial score (nSPS) is 11.3. The van der Waals surface area contributed by atoms with E-state index >= 15 is 0 Å². The van der Waals surface area contributed by atoms with Crippen molar-refractivity contribution in [3.63, 3.8) is 0 Å². The standard InChI is InChI=1S/C23H19ClN2O2/c1-13-4-5-15-17(12-13)23(28)26(3)19(9-11-27)21(15)16-6-7-18(24)20-14(2)8-10-25-22(16)20/h4-8,10-12H,9H2,1-3H3. The highest BCUT2D eigenvalue weighted by atomic mass is 35.5. The van der Waals surface area contributed by atoms with E-state index in [1.807, 2.05) is 50.2 Å². The molecule has 0 unspecified atom stereocenters. The molecule has 0 fully saturated rings. The van der Waals surface area contributed by atoms with E-state index in [4.69, 9.17) is 11.6 Å². The van der Waals surface area contributed by atoms with E-state index in [9.17, 15) is 9.59 Å². The van der Waals surface area contributed by atoms with Crippen molar-refractivity contribution in [2.24, 2.45) is 7.05 Å². The van der Waals surface area contributed by atoms with Crippen LogP contribution >= 0.6 is 11.6 Å². The number of aromatic nitrogens is 2. The van der Waals surface area contributed by atoms with Crippen LogP contribution in [0, 0.1) is 13.8 Å². The number of aldehydes is 1. The summed E-state index contributed by atoms with van der Waals surface area (Å²) in [6.45, 7) is 3.95. The minimum absolute atomic E-state index is 0.110. The molecule has 0 saturated carbocycles. The molecule has 4 aromatic rings. The third-order valence-electron chi connectivity index (χ3n) is 5.27. The second-order valence-corrected chi connectivity index (χ2v) is 7.46. The van der Waals surface area contributed by atoms with Crippen molar-refractivity contribution in [1.82, 2.24) is 9.55 Å². The average molecular weight is 391 g/mol. The molecule has 0 radical (unpaired) electrons. The number of fused-ring (bicyclic) bond motifs is 2. The molecular formula is C23H19ClN2O2. The predicted octanol–water partition coefficient (Wildman–Crippen LogP) is 4.77. The Hall–Kier alpha value is -2.98. The number of halogens is 1. The Kier molecular flexibility index (Phi) is 4.52. The lowest BCUT2D eigenvalue weighted by molar-refractivity contribution is -0.107. The van der Waals surface area contributed by atoms with E-state index in [0.29, 0.717) is 16.1 Å². The highest BCUT2D eigenvalue weighted by Crippen LogP contribution is 2.38. The van der Waals surface area contributed by atoms with Crippen molar-refractivity contribution in [2.75, 3.05) is 0 Å². The zero-order chi connectivity index (χ0) is 20.0. The largest absolute Gasteiger partial charge is 0.314 e. The fourth-order valence-electron chi connectivity index (χ4n) is 3.88. The SMILES string of the molecule is Cc1ccc2c(-c3ccc(Cl)c4c(C)ccnc34)c(CC=O)n(C)c(=O)c2c1. The van der Waals surface area contributed by atoms with Crippen LogP contribution in [0.3, 0.4) is 0 Å². The summed E-state index contributed by atoms with van der Waals surface area (Å²) >= 11 is 6.47. The van der Waals surface area contributed by atoms with Crippen molar-refractivity contribution in [3.8, 4) is 11.1 Å². The summed E-state index contributed by atoms with van der Waals surface area (Å²) in [7, 11) is 1.71. The van der Waals surface area contributed by atoms with Gasteiger partial charge < -0.3 is 9.36 Å². The molecule has 0 spiro atoms. The molecule has 4 rings (SSSR count). The summed E-state index contributed by atoms with van der Waals surface area (Å²) in [6, 6.07) is 11.5. The first kappa shape index (κ1) is 18.4. The fraction of sp³-hybridized carbons (Fsp3) is 0.174. The third-order valence-corrected chi connectivity index (χ3v) is 5.58. The molecule has 0 aliphatic rings. The van der Waals surface area contributed by atoms with Gasteiger partial charge in [0.25, 0.3) is 5.56 Å².